The van der Waals surface area contributed by atoms with Gasteiger partial charge in [0.1, 0.15) is 0 Å². The molecule has 0 radical (unpaired) electrons. The van der Waals surface area contributed by atoms with E-state index in [1.807, 2.05) is 6.92 Å². The van der Waals surface area contributed by atoms with Gasteiger partial charge in [-0.1, -0.05) is 54.6 Å². The first kappa shape index (κ1) is 10.9. The van der Waals surface area contributed by atoms with Gasteiger partial charge in [-0.15, -0.1) is 0 Å². The maximum Gasteiger partial charge on any atom is 0.0214 e. The van der Waals surface area contributed by atoms with Crippen molar-refractivity contribution in [3.8, 4) is 0 Å². The first-order valence-electron chi connectivity index (χ1n) is 5.70. The molecule has 1 heteroatoms. The van der Waals surface area contributed by atoms with Gasteiger partial charge in [-0.3, -0.25) is 0 Å². The summed E-state index contributed by atoms with van der Waals surface area (Å²) in [4.78, 5) is 0. The molecule has 16 heavy (non-hydrogen) atoms. The predicted octanol–water partition coefficient (Wildman–Crippen LogP) is 3.51. The van der Waals surface area contributed by atoms with Crippen molar-refractivity contribution in [2.45, 2.75) is 13.5 Å². The predicted molar refractivity (Wildman–Crippen MR) is 70.5 cm³/mol. The zero-order valence-corrected chi connectivity index (χ0v) is 9.61. The van der Waals surface area contributed by atoms with E-state index in [1.54, 1.807) is 0 Å². The van der Waals surface area contributed by atoms with Crippen LogP contribution in [0.4, 0.5) is 0 Å². The van der Waals surface area contributed by atoms with Gasteiger partial charge >= 0.3 is 0 Å². The second-order valence-electron chi connectivity index (χ2n) is 3.84. The molecule has 0 saturated heterocycles. The van der Waals surface area contributed by atoms with Crippen molar-refractivity contribution >= 4 is 10.8 Å². The monoisotopic (exact) mass is 211 g/mol. The summed E-state index contributed by atoms with van der Waals surface area (Å²) >= 11 is 0. The van der Waals surface area contributed by atoms with Crippen LogP contribution in [0, 0.1) is 0 Å². The fourth-order valence-electron chi connectivity index (χ4n) is 1.85. The minimum atomic E-state index is 0.922. The Morgan fingerprint density at radius 1 is 1.06 bits per heavy atom. The van der Waals surface area contributed by atoms with E-state index in [9.17, 15) is 0 Å². The van der Waals surface area contributed by atoms with Gasteiger partial charge in [-0.2, -0.15) is 0 Å². The lowest BCUT2D eigenvalue weighted by molar-refractivity contribution is 0.763. The molecule has 0 amide bonds. The zero-order chi connectivity index (χ0) is 11.2. The molecule has 0 unspecified atom stereocenters. The van der Waals surface area contributed by atoms with Crippen molar-refractivity contribution in [1.29, 1.82) is 0 Å². The largest absolute Gasteiger partial charge is 0.309 e. The van der Waals surface area contributed by atoms with Crippen molar-refractivity contribution < 1.29 is 0 Å². The van der Waals surface area contributed by atoms with Gasteiger partial charge in [0, 0.05) is 13.1 Å². The Bertz CT molecular complexity index is 480. The van der Waals surface area contributed by atoms with Gasteiger partial charge < -0.3 is 5.32 Å². The lowest BCUT2D eigenvalue weighted by Gasteiger charge is -2.06. The van der Waals surface area contributed by atoms with Gasteiger partial charge in [0.05, 0.1) is 0 Å². The highest BCUT2D eigenvalue weighted by Crippen LogP contribution is 2.17. The molecule has 82 valence electrons. The van der Waals surface area contributed by atoms with Gasteiger partial charge in [0.25, 0.3) is 0 Å². The minimum Gasteiger partial charge on any atom is -0.309 e. The summed E-state index contributed by atoms with van der Waals surface area (Å²) in [6.07, 6.45) is 4.20. The van der Waals surface area contributed by atoms with E-state index < -0.39 is 0 Å². The van der Waals surface area contributed by atoms with E-state index in [0.717, 1.165) is 13.1 Å². The highest BCUT2D eigenvalue weighted by atomic mass is 14.8. The van der Waals surface area contributed by atoms with Crippen LogP contribution >= 0.6 is 0 Å². The molecule has 1 nitrogen and oxygen atoms in total. The minimum absolute atomic E-state index is 0.922. The molecular weight excluding hydrogens is 194 g/mol. The Hall–Kier alpha value is -1.60. The molecule has 0 aliphatic carbocycles. The third-order valence-corrected chi connectivity index (χ3v) is 2.69. The SMILES string of the molecule is C/C=C/CNCc1cccc2ccccc12. The second-order valence-corrected chi connectivity index (χ2v) is 3.84. The Morgan fingerprint density at radius 2 is 1.88 bits per heavy atom. The van der Waals surface area contributed by atoms with E-state index in [2.05, 4.69) is 59.9 Å². The van der Waals surface area contributed by atoms with Gasteiger partial charge in [-0.25, -0.2) is 0 Å². The zero-order valence-electron chi connectivity index (χ0n) is 9.61. The van der Waals surface area contributed by atoms with Gasteiger partial charge in [0.2, 0.25) is 0 Å². The molecule has 0 saturated carbocycles. The third kappa shape index (κ3) is 2.50. The third-order valence-electron chi connectivity index (χ3n) is 2.69. The van der Waals surface area contributed by atoms with Crippen LogP contribution in [-0.4, -0.2) is 6.54 Å². The average Bonchev–Trinajstić information content (AvgIpc) is 2.35. The first-order chi connectivity index (χ1) is 7.92. The van der Waals surface area contributed by atoms with Crippen LogP contribution < -0.4 is 5.32 Å². The Kier molecular flexibility index (Phi) is 3.73. The smallest absolute Gasteiger partial charge is 0.0214 e. The summed E-state index contributed by atoms with van der Waals surface area (Å²) in [5.74, 6) is 0. The lowest BCUT2D eigenvalue weighted by atomic mass is 10.0. The normalized spacial score (nSPS) is 11.3. The van der Waals surface area contributed by atoms with E-state index in [4.69, 9.17) is 0 Å². The van der Waals surface area contributed by atoms with Crippen LogP contribution in [0.2, 0.25) is 0 Å². The topological polar surface area (TPSA) is 12.0 Å². The molecular formula is C15H17N. The summed E-state index contributed by atoms with van der Waals surface area (Å²) < 4.78 is 0. The molecule has 0 heterocycles. The van der Waals surface area contributed by atoms with E-state index in [1.165, 1.54) is 16.3 Å². The highest BCUT2D eigenvalue weighted by Gasteiger charge is 1.98. The fraction of sp³-hybridized carbons (Fsp3) is 0.200. The summed E-state index contributed by atoms with van der Waals surface area (Å²) in [5.41, 5.74) is 1.36. The Balaban J connectivity index is 2.17. The van der Waals surface area contributed by atoms with Crippen LogP contribution in [0.3, 0.4) is 0 Å². The Morgan fingerprint density at radius 3 is 2.75 bits per heavy atom. The summed E-state index contributed by atoms with van der Waals surface area (Å²) in [6, 6.07) is 15.0. The molecule has 0 atom stereocenters. The molecule has 0 aliphatic heterocycles. The number of fused-ring (bicyclic) bond motifs is 1. The molecule has 0 aromatic heterocycles. The lowest BCUT2D eigenvalue weighted by Crippen LogP contribution is -2.12. The van der Waals surface area contributed by atoms with Crippen LogP contribution in [0.15, 0.2) is 54.6 Å². The molecule has 1 N–H and O–H groups in total. The van der Waals surface area contributed by atoms with E-state index in [-0.39, 0.29) is 0 Å². The first-order valence-corrected chi connectivity index (χ1v) is 5.70. The molecule has 0 spiro atoms. The van der Waals surface area contributed by atoms with Crippen molar-refractivity contribution in [2.75, 3.05) is 6.54 Å². The molecule has 0 fully saturated rings. The summed E-state index contributed by atoms with van der Waals surface area (Å²) in [5, 5.41) is 6.07. The van der Waals surface area contributed by atoms with Crippen LogP contribution in [0.1, 0.15) is 12.5 Å². The Labute approximate surface area is 96.8 Å². The number of hydrogen-bond donors (Lipinski definition) is 1. The van der Waals surface area contributed by atoms with Crippen LogP contribution in [0.5, 0.6) is 0 Å². The van der Waals surface area contributed by atoms with Crippen molar-refractivity contribution in [2.24, 2.45) is 0 Å². The number of hydrogen-bond acceptors (Lipinski definition) is 1. The number of allylic oxidation sites excluding steroid dienone is 1. The highest BCUT2D eigenvalue weighted by molar-refractivity contribution is 5.85. The molecule has 0 bridgehead atoms. The second kappa shape index (κ2) is 5.47. The van der Waals surface area contributed by atoms with Crippen molar-refractivity contribution in [1.82, 2.24) is 5.32 Å². The van der Waals surface area contributed by atoms with E-state index >= 15 is 0 Å². The van der Waals surface area contributed by atoms with Gasteiger partial charge in [0.15, 0.2) is 0 Å². The number of benzene rings is 2. The fourth-order valence-corrected chi connectivity index (χ4v) is 1.85. The molecule has 2 aromatic carbocycles. The molecule has 2 rings (SSSR count). The van der Waals surface area contributed by atoms with Crippen LogP contribution in [-0.2, 0) is 6.54 Å². The molecule has 2 aromatic rings. The van der Waals surface area contributed by atoms with Crippen LogP contribution in [0.25, 0.3) is 10.8 Å². The number of nitrogens with one attached hydrogen (secondary N) is 1. The molecule has 0 aliphatic rings. The number of rotatable bonds is 4. The van der Waals surface area contributed by atoms with Gasteiger partial charge in [-0.05, 0) is 23.3 Å². The maximum atomic E-state index is 3.41. The standard InChI is InChI=1S/C15H17N/c1-2-3-11-16-12-14-9-6-8-13-7-4-5-10-15(13)14/h2-10,16H,11-12H2,1H3/b3-2+. The maximum absolute atomic E-state index is 3.41. The summed E-state index contributed by atoms with van der Waals surface area (Å²) in [7, 11) is 0. The quantitative estimate of drug-likeness (QED) is 0.603. The average molecular weight is 211 g/mol. The summed E-state index contributed by atoms with van der Waals surface area (Å²) in [6.45, 7) is 3.89. The van der Waals surface area contributed by atoms with Crippen molar-refractivity contribution in [3.63, 3.8) is 0 Å². The van der Waals surface area contributed by atoms with E-state index in [0.29, 0.717) is 0 Å². The van der Waals surface area contributed by atoms with Crippen molar-refractivity contribution in [3.05, 3.63) is 60.2 Å².